The summed E-state index contributed by atoms with van der Waals surface area (Å²) in [6.45, 7) is 6.29. The fourth-order valence-corrected chi connectivity index (χ4v) is 1.64. The normalized spacial score (nSPS) is 14.0. The van der Waals surface area contributed by atoms with Crippen LogP contribution in [-0.4, -0.2) is 22.0 Å². The van der Waals surface area contributed by atoms with Crippen molar-refractivity contribution < 1.29 is 9.84 Å². The minimum atomic E-state index is -0.535. The Morgan fingerprint density at radius 1 is 1.53 bits per heavy atom. The quantitative estimate of drug-likeness (QED) is 0.832. The van der Waals surface area contributed by atoms with Gasteiger partial charge >= 0.3 is 0 Å². The maximum Gasteiger partial charge on any atom is 0.162 e. The lowest BCUT2D eigenvalue weighted by atomic mass is 9.88. The summed E-state index contributed by atoms with van der Waals surface area (Å²) < 4.78 is 6.82. The number of ether oxygens (including phenoxy) is 1. The maximum absolute atomic E-state index is 10.1. The zero-order chi connectivity index (χ0) is 11.6. The average Bonchev–Trinajstić information content (AvgIpc) is 2.43. The van der Waals surface area contributed by atoms with E-state index in [9.17, 15) is 5.11 Å². The highest BCUT2D eigenvalue weighted by Crippen LogP contribution is 2.33. The van der Waals surface area contributed by atoms with E-state index in [1.54, 1.807) is 18.0 Å². The van der Waals surface area contributed by atoms with Crippen LogP contribution < -0.4 is 4.74 Å². The Balaban J connectivity index is 2.90. The van der Waals surface area contributed by atoms with Crippen molar-refractivity contribution in [2.45, 2.75) is 33.3 Å². The second kappa shape index (κ2) is 4.23. The third-order valence-electron chi connectivity index (χ3n) is 2.29. The van der Waals surface area contributed by atoms with E-state index in [1.165, 1.54) is 0 Å². The second-order valence-electron chi connectivity index (χ2n) is 5.00. The Hall–Kier alpha value is -1.03. The summed E-state index contributed by atoms with van der Waals surface area (Å²) in [5.41, 5.74) is 0.821. The molecule has 0 aliphatic carbocycles. The van der Waals surface area contributed by atoms with Crippen molar-refractivity contribution in [3.05, 3.63) is 11.9 Å². The van der Waals surface area contributed by atoms with Crippen molar-refractivity contribution in [2.75, 3.05) is 7.11 Å². The molecule has 1 atom stereocenters. The first-order chi connectivity index (χ1) is 6.85. The number of methoxy groups -OCH3 is 1. The van der Waals surface area contributed by atoms with Crippen LogP contribution in [0.5, 0.6) is 5.75 Å². The molecule has 0 radical (unpaired) electrons. The van der Waals surface area contributed by atoms with Crippen molar-refractivity contribution in [3.8, 4) is 5.75 Å². The highest BCUT2D eigenvalue weighted by atomic mass is 16.5. The third kappa shape index (κ3) is 2.96. The average molecular weight is 212 g/mol. The summed E-state index contributed by atoms with van der Waals surface area (Å²) >= 11 is 0. The predicted molar refractivity (Wildman–Crippen MR) is 58.8 cm³/mol. The van der Waals surface area contributed by atoms with E-state index in [4.69, 9.17) is 4.74 Å². The predicted octanol–water partition coefficient (Wildman–Crippen LogP) is 1.90. The van der Waals surface area contributed by atoms with E-state index >= 15 is 0 Å². The van der Waals surface area contributed by atoms with Gasteiger partial charge in [-0.05, 0) is 11.8 Å². The molecule has 86 valence electrons. The topological polar surface area (TPSA) is 47.3 Å². The second-order valence-corrected chi connectivity index (χ2v) is 5.00. The highest BCUT2D eigenvalue weighted by Gasteiger charge is 2.23. The lowest BCUT2D eigenvalue weighted by Crippen LogP contribution is -2.14. The SMILES string of the molecule is COc1cnn(C)c1C(O)CC(C)(C)C. The molecule has 0 fully saturated rings. The monoisotopic (exact) mass is 212 g/mol. The van der Waals surface area contributed by atoms with Gasteiger partial charge in [0.15, 0.2) is 5.75 Å². The van der Waals surface area contributed by atoms with Crippen LogP contribution in [0, 0.1) is 5.41 Å². The molecule has 15 heavy (non-hydrogen) atoms. The fourth-order valence-electron chi connectivity index (χ4n) is 1.64. The van der Waals surface area contributed by atoms with Gasteiger partial charge < -0.3 is 9.84 Å². The van der Waals surface area contributed by atoms with Crippen LogP contribution in [-0.2, 0) is 7.05 Å². The summed E-state index contributed by atoms with van der Waals surface area (Å²) in [5.74, 6) is 0.647. The number of hydrogen-bond donors (Lipinski definition) is 1. The molecule has 1 aromatic heterocycles. The summed E-state index contributed by atoms with van der Waals surface area (Å²) in [6.07, 6.45) is 1.77. The number of aliphatic hydroxyl groups excluding tert-OH is 1. The molecule has 1 aromatic rings. The molecule has 0 aliphatic rings. The lowest BCUT2D eigenvalue weighted by molar-refractivity contribution is 0.112. The largest absolute Gasteiger partial charge is 0.493 e. The minimum absolute atomic E-state index is 0.0781. The first-order valence-electron chi connectivity index (χ1n) is 5.09. The number of nitrogens with zero attached hydrogens (tertiary/aromatic N) is 2. The molecule has 0 saturated carbocycles. The van der Waals surface area contributed by atoms with E-state index in [1.807, 2.05) is 7.05 Å². The van der Waals surface area contributed by atoms with E-state index < -0.39 is 6.10 Å². The first-order valence-corrected chi connectivity index (χ1v) is 5.09. The van der Waals surface area contributed by atoms with Crippen molar-refractivity contribution in [1.82, 2.24) is 9.78 Å². The smallest absolute Gasteiger partial charge is 0.162 e. The summed E-state index contributed by atoms with van der Waals surface area (Å²) in [5, 5.41) is 14.2. The maximum atomic E-state index is 10.1. The molecule has 4 heteroatoms. The Morgan fingerprint density at radius 2 is 2.13 bits per heavy atom. The molecule has 1 unspecified atom stereocenters. The Labute approximate surface area is 90.9 Å². The van der Waals surface area contributed by atoms with E-state index in [-0.39, 0.29) is 5.41 Å². The Morgan fingerprint density at radius 3 is 2.60 bits per heavy atom. The molecule has 0 aliphatic heterocycles. The molecule has 0 spiro atoms. The van der Waals surface area contributed by atoms with Crippen LogP contribution in [0.4, 0.5) is 0 Å². The summed E-state index contributed by atoms with van der Waals surface area (Å²) in [6, 6.07) is 0. The van der Waals surface area contributed by atoms with E-state index in [2.05, 4.69) is 25.9 Å². The summed E-state index contributed by atoms with van der Waals surface area (Å²) in [7, 11) is 3.40. The van der Waals surface area contributed by atoms with Gasteiger partial charge in [0.1, 0.15) is 5.69 Å². The van der Waals surface area contributed by atoms with Gasteiger partial charge in [-0.15, -0.1) is 0 Å². The van der Waals surface area contributed by atoms with Gasteiger partial charge in [0.25, 0.3) is 0 Å². The van der Waals surface area contributed by atoms with Gasteiger partial charge in [-0.2, -0.15) is 5.10 Å². The van der Waals surface area contributed by atoms with Crippen molar-refractivity contribution >= 4 is 0 Å². The molecule has 0 aromatic carbocycles. The number of hydrogen-bond acceptors (Lipinski definition) is 3. The zero-order valence-corrected chi connectivity index (χ0v) is 10.1. The number of aryl methyl sites for hydroxylation is 1. The number of aliphatic hydroxyl groups is 1. The van der Waals surface area contributed by atoms with Gasteiger partial charge in [-0.25, -0.2) is 0 Å². The standard InChI is InChI=1S/C11H20N2O2/c1-11(2,3)6-8(14)10-9(15-5)7-12-13(10)4/h7-8,14H,6H2,1-5H3. The van der Waals surface area contributed by atoms with Crippen LogP contribution in [0.3, 0.4) is 0 Å². The number of rotatable bonds is 3. The zero-order valence-electron chi connectivity index (χ0n) is 10.1. The van der Waals surface area contributed by atoms with Gasteiger partial charge in [0.05, 0.1) is 19.4 Å². The fraction of sp³-hybridized carbons (Fsp3) is 0.727. The highest BCUT2D eigenvalue weighted by molar-refractivity contribution is 5.27. The van der Waals surface area contributed by atoms with Gasteiger partial charge in [0, 0.05) is 7.05 Å². The van der Waals surface area contributed by atoms with Crippen LogP contribution in [0.15, 0.2) is 6.20 Å². The Kier molecular flexibility index (Phi) is 3.39. The molecular formula is C11H20N2O2. The van der Waals surface area contributed by atoms with E-state index in [0.717, 1.165) is 5.69 Å². The van der Waals surface area contributed by atoms with Crippen molar-refractivity contribution in [1.29, 1.82) is 0 Å². The number of aromatic nitrogens is 2. The summed E-state index contributed by atoms with van der Waals surface area (Å²) in [4.78, 5) is 0. The van der Waals surface area contributed by atoms with Gasteiger partial charge in [-0.3, -0.25) is 4.68 Å². The third-order valence-corrected chi connectivity index (χ3v) is 2.29. The van der Waals surface area contributed by atoms with E-state index in [0.29, 0.717) is 12.2 Å². The van der Waals surface area contributed by atoms with Crippen molar-refractivity contribution in [2.24, 2.45) is 12.5 Å². The molecule has 4 nitrogen and oxygen atoms in total. The molecule has 0 saturated heterocycles. The van der Waals surface area contributed by atoms with Gasteiger partial charge in [-0.1, -0.05) is 20.8 Å². The minimum Gasteiger partial charge on any atom is -0.493 e. The molecular weight excluding hydrogens is 192 g/mol. The first kappa shape index (κ1) is 12.0. The molecule has 0 bridgehead atoms. The molecule has 1 rings (SSSR count). The van der Waals surface area contributed by atoms with Crippen LogP contribution >= 0.6 is 0 Å². The molecule has 1 heterocycles. The van der Waals surface area contributed by atoms with Crippen molar-refractivity contribution in [3.63, 3.8) is 0 Å². The van der Waals surface area contributed by atoms with Crippen LogP contribution in [0.25, 0.3) is 0 Å². The Bertz CT molecular complexity index is 326. The van der Waals surface area contributed by atoms with Crippen LogP contribution in [0.2, 0.25) is 0 Å². The molecule has 0 amide bonds. The van der Waals surface area contributed by atoms with Gasteiger partial charge in [0.2, 0.25) is 0 Å². The molecule has 1 N–H and O–H groups in total. The van der Waals surface area contributed by atoms with Crippen LogP contribution in [0.1, 0.15) is 39.0 Å². The lowest BCUT2D eigenvalue weighted by Gasteiger charge is -2.22.